The lowest BCUT2D eigenvalue weighted by Crippen LogP contribution is -1.89. The van der Waals surface area contributed by atoms with Gasteiger partial charge in [0, 0.05) is 12.7 Å². The van der Waals surface area contributed by atoms with E-state index in [0.29, 0.717) is 5.75 Å². The summed E-state index contributed by atoms with van der Waals surface area (Å²) >= 11 is 3.03. The molecule has 0 bridgehead atoms. The van der Waals surface area contributed by atoms with E-state index in [2.05, 4.69) is 21.4 Å². The second-order valence-corrected chi connectivity index (χ2v) is 5.55. The number of thiazole rings is 1. The molecular formula is C11H9N3OS2. The molecule has 0 atom stereocenters. The molecule has 0 saturated heterocycles. The number of benzene rings is 1. The molecule has 86 valence electrons. The Morgan fingerprint density at radius 2 is 2.29 bits per heavy atom. The van der Waals surface area contributed by atoms with Crippen molar-refractivity contribution in [1.82, 2.24) is 4.98 Å². The van der Waals surface area contributed by atoms with Gasteiger partial charge in [-0.1, -0.05) is 11.8 Å². The van der Waals surface area contributed by atoms with E-state index >= 15 is 0 Å². The minimum atomic E-state index is -0.0693. The fourth-order valence-electron chi connectivity index (χ4n) is 1.59. The Morgan fingerprint density at radius 1 is 1.41 bits per heavy atom. The molecule has 0 fully saturated rings. The highest BCUT2D eigenvalue weighted by Crippen LogP contribution is 2.29. The van der Waals surface area contributed by atoms with Crippen molar-refractivity contribution < 1.29 is 4.79 Å². The number of aliphatic imine (C=N–C) groups is 1. The average molecular weight is 263 g/mol. The number of carbonyl (C=O) groups excluding carboxylic acids is 1. The first-order valence-corrected chi connectivity index (χ1v) is 6.89. The van der Waals surface area contributed by atoms with Crippen molar-refractivity contribution in [2.75, 3.05) is 18.1 Å². The monoisotopic (exact) mass is 263 g/mol. The standard InChI is InChI=1S/C11H9N3OS2/c1-12-6-2-3-7-8(4-6)17-11(13-7)10-14-9(15)5-16-10/h2-4,12H,5H2,1H3. The zero-order valence-electron chi connectivity index (χ0n) is 9.06. The third kappa shape index (κ3) is 1.94. The van der Waals surface area contributed by atoms with Crippen molar-refractivity contribution in [3.05, 3.63) is 23.2 Å². The van der Waals surface area contributed by atoms with Crippen LogP contribution in [0.15, 0.2) is 23.2 Å². The van der Waals surface area contributed by atoms with Crippen LogP contribution in [-0.2, 0) is 4.79 Å². The van der Waals surface area contributed by atoms with Crippen LogP contribution in [0.5, 0.6) is 0 Å². The van der Waals surface area contributed by atoms with Crippen LogP contribution in [0, 0.1) is 0 Å². The highest BCUT2D eigenvalue weighted by atomic mass is 32.2. The summed E-state index contributed by atoms with van der Waals surface area (Å²) in [5, 5.41) is 4.68. The molecule has 6 heteroatoms. The predicted octanol–water partition coefficient (Wildman–Crippen LogP) is 2.36. The fraction of sp³-hybridized carbons (Fsp3) is 0.182. The number of carbonyl (C=O) groups is 1. The smallest absolute Gasteiger partial charge is 0.257 e. The molecule has 1 aromatic carbocycles. The maximum absolute atomic E-state index is 11.1. The SMILES string of the molecule is CNc1ccc2nc(C3=NC(=O)CS3)sc2c1. The summed E-state index contributed by atoms with van der Waals surface area (Å²) in [7, 11) is 1.89. The van der Waals surface area contributed by atoms with E-state index in [0.717, 1.165) is 26.0 Å². The van der Waals surface area contributed by atoms with Crippen molar-refractivity contribution >= 4 is 50.0 Å². The number of hydrogen-bond acceptors (Lipinski definition) is 5. The Kier molecular flexibility index (Phi) is 2.60. The van der Waals surface area contributed by atoms with Crippen LogP contribution in [0.1, 0.15) is 5.01 Å². The van der Waals surface area contributed by atoms with Crippen LogP contribution in [0.4, 0.5) is 5.69 Å². The number of thioether (sulfide) groups is 1. The number of aromatic nitrogens is 1. The molecule has 0 unspecified atom stereocenters. The number of rotatable bonds is 2. The molecule has 2 heterocycles. The van der Waals surface area contributed by atoms with Crippen molar-refractivity contribution in [3.8, 4) is 0 Å². The van der Waals surface area contributed by atoms with Crippen molar-refractivity contribution in [1.29, 1.82) is 0 Å². The number of anilines is 1. The van der Waals surface area contributed by atoms with Gasteiger partial charge in [0.15, 0.2) is 0 Å². The summed E-state index contributed by atoms with van der Waals surface area (Å²) in [4.78, 5) is 19.6. The molecule has 2 aromatic rings. The maximum Gasteiger partial charge on any atom is 0.257 e. The molecule has 0 aliphatic carbocycles. The van der Waals surface area contributed by atoms with E-state index in [4.69, 9.17) is 0 Å². The highest BCUT2D eigenvalue weighted by molar-refractivity contribution is 8.15. The molecule has 1 aliphatic rings. The van der Waals surface area contributed by atoms with Gasteiger partial charge in [0.05, 0.1) is 16.0 Å². The number of nitrogens with one attached hydrogen (secondary N) is 1. The largest absolute Gasteiger partial charge is 0.388 e. The van der Waals surface area contributed by atoms with Crippen molar-refractivity contribution in [2.45, 2.75) is 0 Å². The first-order chi connectivity index (χ1) is 8.26. The third-order valence-electron chi connectivity index (χ3n) is 2.42. The van der Waals surface area contributed by atoms with Gasteiger partial charge in [0.25, 0.3) is 5.91 Å². The summed E-state index contributed by atoms with van der Waals surface area (Å²) < 4.78 is 1.11. The van der Waals surface area contributed by atoms with Gasteiger partial charge in [0.2, 0.25) is 0 Å². The average Bonchev–Trinajstić information content (AvgIpc) is 2.93. The van der Waals surface area contributed by atoms with E-state index in [1.54, 1.807) is 11.3 Å². The maximum atomic E-state index is 11.1. The van der Waals surface area contributed by atoms with Crippen LogP contribution < -0.4 is 5.32 Å². The molecule has 4 nitrogen and oxygen atoms in total. The minimum Gasteiger partial charge on any atom is -0.388 e. The first kappa shape index (κ1) is 10.7. The molecule has 1 N–H and O–H groups in total. The van der Waals surface area contributed by atoms with E-state index < -0.39 is 0 Å². The number of fused-ring (bicyclic) bond motifs is 1. The zero-order chi connectivity index (χ0) is 11.8. The topological polar surface area (TPSA) is 54.4 Å². The third-order valence-corrected chi connectivity index (χ3v) is 4.52. The number of hydrogen-bond donors (Lipinski definition) is 1. The molecule has 0 spiro atoms. The van der Waals surface area contributed by atoms with Gasteiger partial charge in [-0.15, -0.1) is 11.3 Å². The molecule has 1 amide bonds. The summed E-state index contributed by atoms with van der Waals surface area (Å²) in [6, 6.07) is 6.02. The Labute approximate surface area is 106 Å². The van der Waals surface area contributed by atoms with Gasteiger partial charge in [-0.05, 0) is 18.2 Å². The van der Waals surface area contributed by atoms with Crippen LogP contribution in [0.2, 0.25) is 0 Å². The Bertz CT molecular complexity index is 633. The Balaban J connectivity index is 2.07. The van der Waals surface area contributed by atoms with Gasteiger partial charge in [-0.25, -0.2) is 9.98 Å². The summed E-state index contributed by atoms with van der Waals surface area (Å²) in [5.41, 5.74) is 2.01. The second kappa shape index (κ2) is 4.12. The molecule has 1 aromatic heterocycles. The van der Waals surface area contributed by atoms with Crippen molar-refractivity contribution in [2.24, 2.45) is 4.99 Å². The molecule has 3 rings (SSSR count). The Hall–Kier alpha value is -1.40. The molecule has 0 saturated carbocycles. The van der Waals surface area contributed by atoms with E-state index in [1.165, 1.54) is 11.8 Å². The highest BCUT2D eigenvalue weighted by Gasteiger charge is 2.19. The first-order valence-electron chi connectivity index (χ1n) is 5.09. The van der Waals surface area contributed by atoms with Crippen molar-refractivity contribution in [3.63, 3.8) is 0 Å². The lowest BCUT2D eigenvalue weighted by atomic mass is 10.3. The van der Waals surface area contributed by atoms with Crippen LogP contribution >= 0.6 is 23.1 Å². The summed E-state index contributed by atoms with van der Waals surface area (Å²) in [6.07, 6.45) is 0. The normalized spacial score (nSPS) is 15.4. The zero-order valence-corrected chi connectivity index (χ0v) is 10.7. The van der Waals surface area contributed by atoms with Gasteiger partial charge in [-0.2, -0.15) is 0 Å². The molecular weight excluding hydrogens is 254 g/mol. The van der Waals surface area contributed by atoms with Gasteiger partial charge >= 0.3 is 0 Å². The minimum absolute atomic E-state index is 0.0693. The van der Waals surface area contributed by atoms with Gasteiger partial charge in [-0.3, -0.25) is 4.79 Å². The van der Waals surface area contributed by atoms with Crippen LogP contribution in [0.3, 0.4) is 0 Å². The second-order valence-electron chi connectivity index (χ2n) is 3.55. The lowest BCUT2D eigenvalue weighted by molar-refractivity contribution is -0.115. The molecule has 1 aliphatic heterocycles. The van der Waals surface area contributed by atoms with Crippen LogP contribution in [0.25, 0.3) is 10.2 Å². The Morgan fingerprint density at radius 3 is 3.00 bits per heavy atom. The molecule has 0 radical (unpaired) electrons. The van der Waals surface area contributed by atoms with Crippen LogP contribution in [-0.4, -0.2) is 28.7 Å². The van der Waals surface area contributed by atoms with E-state index in [1.807, 2.05) is 19.2 Å². The number of nitrogens with zero attached hydrogens (tertiary/aromatic N) is 2. The van der Waals surface area contributed by atoms with Gasteiger partial charge < -0.3 is 5.32 Å². The molecule has 17 heavy (non-hydrogen) atoms. The van der Waals surface area contributed by atoms with E-state index in [-0.39, 0.29) is 5.91 Å². The predicted molar refractivity (Wildman–Crippen MR) is 73.2 cm³/mol. The van der Waals surface area contributed by atoms with Gasteiger partial charge in [0.1, 0.15) is 10.1 Å². The quantitative estimate of drug-likeness (QED) is 0.903. The number of amides is 1. The lowest BCUT2D eigenvalue weighted by Gasteiger charge is -1.96. The summed E-state index contributed by atoms with van der Waals surface area (Å²) in [6.45, 7) is 0. The fourth-order valence-corrected chi connectivity index (χ4v) is 3.44. The summed E-state index contributed by atoms with van der Waals surface area (Å²) in [5.74, 6) is 0.368. The van der Waals surface area contributed by atoms with E-state index in [9.17, 15) is 4.79 Å².